The van der Waals surface area contributed by atoms with E-state index in [1.165, 1.54) is 0 Å². The van der Waals surface area contributed by atoms with E-state index in [0.29, 0.717) is 5.56 Å². The van der Waals surface area contributed by atoms with Crippen molar-refractivity contribution in [2.45, 2.75) is 18.4 Å². The summed E-state index contributed by atoms with van der Waals surface area (Å²) < 4.78 is 0. The van der Waals surface area contributed by atoms with Crippen LogP contribution in [0.3, 0.4) is 0 Å². The van der Waals surface area contributed by atoms with Crippen molar-refractivity contribution in [3.63, 3.8) is 0 Å². The Hall–Kier alpha value is -3.14. The van der Waals surface area contributed by atoms with Crippen molar-refractivity contribution in [1.29, 1.82) is 0 Å². The van der Waals surface area contributed by atoms with Gasteiger partial charge >= 0.3 is 0 Å². The predicted octanol–water partition coefficient (Wildman–Crippen LogP) is 4.00. The van der Waals surface area contributed by atoms with E-state index in [1.54, 1.807) is 6.20 Å². The SMILES string of the molecule is CC1(C(=O)c2c[nH]cc2-c2ccccc2)NN=CC1c1ccccc1. The minimum Gasteiger partial charge on any atom is -0.366 e. The van der Waals surface area contributed by atoms with E-state index in [9.17, 15) is 4.79 Å². The highest BCUT2D eigenvalue weighted by atomic mass is 16.1. The Labute approximate surface area is 146 Å². The van der Waals surface area contributed by atoms with Crippen LogP contribution in [0.5, 0.6) is 0 Å². The molecule has 0 saturated heterocycles. The van der Waals surface area contributed by atoms with E-state index >= 15 is 0 Å². The first-order valence-corrected chi connectivity index (χ1v) is 8.32. The summed E-state index contributed by atoms with van der Waals surface area (Å²) in [4.78, 5) is 16.5. The summed E-state index contributed by atoms with van der Waals surface area (Å²) in [6, 6.07) is 19.9. The van der Waals surface area contributed by atoms with Crippen LogP contribution in [0.4, 0.5) is 0 Å². The molecule has 1 aliphatic heterocycles. The number of aromatic amines is 1. The maximum atomic E-state index is 13.4. The first-order valence-electron chi connectivity index (χ1n) is 8.32. The number of benzene rings is 2. The van der Waals surface area contributed by atoms with Gasteiger partial charge in [-0.15, -0.1) is 0 Å². The summed E-state index contributed by atoms with van der Waals surface area (Å²) in [5.41, 5.74) is 5.92. The Morgan fingerprint density at radius 1 is 1.00 bits per heavy atom. The maximum absolute atomic E-state index is 13.4. The van der Waals surface area contributed by atoms with Crippen molar-refractivity contribution < 1.29 is 4.79 Å². The van der Waals surface area contributed by atoms with Crippen LogP contribution >= 0.6 is 0 Å². The fraction of sp³-hybridized carbons (Fsp3) is 0.143. The molecule has 2 heterocycles. The summed E-state index contributed by atoms with van der Waals surface area (Å²) >= 11 is 0. The van der Waals surface area contributed by atoms with Gasteiger partial charge in [0.05, 0.1) is 5.92 Å². The van der Waals surface area contributed by atoms with Gasteiger partial charge in [0, 0.05) is 29.7 Å². The second-order valence-corrected chi connectivity index (χ2v) is 6.46. The lowest BCUT2D eigenvalue weighted by atomic mass is 9.77. The number of hydrazone groups is 1. The molecule has 2 atom stereocenters. The van der Waals surface area contributed by atoms with Gasteiger partial charge in [0.2, 0.25) is 0 Å². The van der Waals surface area contributed by atoms with E-state index in [-0.39, 0.29) is 11.7 Å². The molecule has 2 unspecified atom stereocenters. The number of aromatic nitrogens is 1. The Kier molecular flexibility index (Phi) is 3.73. The van der Waals surface area contributed by atoms with E-state index in [4.69, 9.17) is 0 Å². The second-order valence-electron chi connectivity index (χ2n) is 6.46. The molecule has 0 saturated carbocycles. The second kappa shape index (κ2) is 6.06. The summed E-state index contributed by atoms with van der Waals surface area (Å²) in [6.07, 6.45) is 5.47. The van der Waals surface area contributed by atoms with Crippen molar-refractivity contribution >= 4 is 12.0 Å². The number of H-pyrrole nitrogens is 1. The van der Waals surface area contributed by atoms with Crippen LogP contribution in [0.1, 0.15) is 28.8 Å². The molecule has 25 heavy (non-hydrogen) atoms. The van der Waals surface area contributed by atoms with Crippen LogP contribution in [-0.4, -0.2) is 22.5 Å². The molecule has 2 N–H and O–H groups in total. The summed E-state index contributed by atoms with van der Waals surface area (Å²) in [7, 11) is 0. The number of carbonyl (C=O) groups excluding carboxylic acids is 1. The monoisotopic (exact) mass is 329 g/mol. The maximum Gasteiger partial charge on any atom is 0.192 e. The Morgan fingerprint density at radius 3 is 2.40 bits per heavy atom. The number of rotatable bonds is 4. The van der Waals surface area contributed by atoms with Crippen molar-refractivity contribution in [2.24, 2.45) is 5.10 Å². The first kappa shape index (κ1) is 15.4. The molecule has 1 aliphatic rings. The van der Waals surface area contributed by atoms with Gasteiger partial charge in [-0.05, 0) is 18.1 Å². The van der Waals surface area contributed by atoms with E-state index < -0.39 is 5.54 Å². The smallest absolute Gasteiger partial charge is 0.192 e. The first-order chi connectivity index (χ1) is 12.2. The van der Waals surface area contributed by atoms with Crippen LogP contribution in [0.2, 0.25) is 0 Å². The lowest BCUT2D eigenvalue weighted by Crippen LogP contribution is -2.48. The number of Topliss-reactive ketones (excluding diaryl/α,β-unsaturated/α-hetero) is 1. The molecule has 4 nitrogen and oxygen atoms in total. The zero-order valence-corrected chi connectivity index (χ0v) is 13.9. The predicted molar refractivity (Wildman–Crippen MR) is 99.8 cm³/mol. The zero-order valence-electron chi connectivity index (χ0n) is 13.9. The number of nitrogens with zero attached hydrogens (tertiary/aromatic N) is 1. The van der Waals surface area contributed by atoms with Gasteiger partial charge < -0.3 is 4.98 Å². The number of hydrogen-bond donors (Lipinski definition) is 2. The lowest BCUT2D eigenvalue weighted by Gasteiger charge is -2.29. The normalized spacial score (nSPS) is 21.9. The molecule has 1 aromatic heterocycles. The van der Waals surface area contributed by atoms with Gasteiger partial charge in [0.25, 0.3) is 0 Å². The van der Waals surface area contributed by atoms with Crippen LogP contribution in [0.15, 0.2) is 78.2 Å². The molecule has 0 radical (unpaired) electrons. The van der Waals surface area contributed by atoms with Crippen molar-refractivity contribution in [2.75, 3.05) is 0 Å². The Balaban J connectivity index is 1.73. The van der Waals surface area contributed by atoms with E-state index in [0.717, 1.165) is 16.7 Å². The standard InChI is InChI=1S/C21H19N3O/c1-21(19(14-23-24-21)16-10-6-3-7-11-16)20(25)18-13-22-12-17(18)15-8-4-2-5-9-15/h2-14,19,22,24H,1H3. The minimum absolute atomic E-state index is 0.0268. The largest absolute Gasteiger partial charge is 0.366 e. The fourth-order valence-corrected chi connectivity index (χ4v) is 3.42. The molecular formula is C21H19N3O. The van der Waals surface area contributed by atoms with E-state index in [2.05, 4.69) is 15.5 Å². The highest BCUT2D eigenvalue weighted by molar-refractivity contribution is 6.10. The molecule has 0 bridgehead atoms. The summed E-state index contributed by atoms with van der Waals surface area (Å²) in [5.74, 6) is -0.0846. The average Bonchev–Trinajstić information content (AvgIpc) is 3.30. The summed E-state index contributed by atoms with van der Waals surface area (Å²) in [5, 5.41) is 4.22. The van der Waals surface area contributed by atoms with Crippen molar-refractivity contribution in [1.82, 2.24) is 10.4 Å². The molecule has 4 heteroatoms. The zero-order chi connectivity index (χ0) is 17.3. The quantitative estimate of drug-likeness (QED) is 0.711. The summed E-state index contributed by atoms with van der Waals surface area (Å²) in [6.45, 7) is 1.92. The van der Waals surface area contributed by atoms with Crippen LogP contribution in [-0.2, 0) is 0 Å². The number of hydrogen-bond acceptors (Lipinski definition) is 3. The molecular weight excluding hydrogens is 310 g/mol. The van der Waals surface area contributed by atoms with Gasteiger partial charge in [-0.3, -0.25) is 10.2 Å². The van der Waals surface area contributed by atoms with Crippen LogP contribution in [0.25, 0.3) is 11.1 Å². The molecule has 0 spiro atoms. The van der Waals surface area contributed by atoms with Gasteiger partial charge in [-0.1, -0.05) is 60.7 Å². The lowest BCUT2D eigenvalue weighted by molar-refractivity contribution is 0.0870. The fourth-order valence-electron chi connectivity index (χ4n) is 3.42. The van der Waals surface area contributed by atoms with Gasteiger partial charge in [0.1, 0.15) is 5.54 Å². The molecule has 2 aromatic carbocycles. The molecule has 0 aliphatic carbocycles. The number of carbonyl (C=O) groups is 1. The van der Waals surface area contributed by atoms with Crippen LogP contribution in [0, 0.1) is 0 Å². The molecule has 3 aromatic rings. The van der Waals surface area contributed by atoms with Crippen molar-refractivity contribution in [3.8, 4) is 11.1 Å². The Bertz CT molecular complexity index is 915. The van der Waals surface area contributed by atoms with Gasteiger partial charge in [0.15, 0.2) is 5.78 Å². The third kappa shape index (κ3) is 2.56. The Morgan fingerprint density at radius 2 is 1.68 bits per heavy atom. The third-order valence-electron chi connectivity index (χ3n) is 4.85. The highest BCUT2D eigenvalue weighted by Crippen LogP contribution is 2.35. The molecule has 124 valence electrons. The average molecular weight is 329 g/mol. The van der Waals surface area contributed by atoms with Gasteiger partial charge in [-0.25, -0.2) is 0 Å². The van der Waals surface area contributed by atoms with Crippen molar-refractivity contribution in [3.05, 3.63) is 84.2 Å². The highest BCUT2D eigenvalue weighted by Gasteiger charge is 2.45. The number of ketones is 1. The molecule has 0 fully saturated rings. The van der Waals surface area contributed by atoms with E-state index in [1.807, 2.05) is 80.0 Å². The molecule has 4 rings (SSSR count). The van der Waals surface area contributed by atoms with Crippen LogP contribution < -0.4 is 5.43 Å². The van der Waals surface area contributed by atoms with Gasteiger partial charge in [-0.2, -0.15) is 5.10 Å². The third-order valence-corrected chi connectivity index (χ3v) is 4.85. The minimum atomic E-state index is -0.812. The topological polar surface area (TPSA) is 57.2 Å². The molecule has 0 amide bonds. The number of nitrogens with one attached hydrogen (secondary N) is 2.